The normalized spacial score (nSPS) is 15.1. The topological polar surface area (TPSA) is 120 Å². The first-order valence-corrected chi connectivity index (χ1v) is 10.7. The van der Waals surface area contributed by atoms with Crippen molar-refractivity contribution in [3.63, 3.8) is 0 Å². The van der Waals surface area contributed by atoms with Gasteiger partial charge in [-0.15, -0.1) is 0 Å². The minimum atomic E-state index is -0.961. The number of carbonyl (C=O) groups excluding carboxylic acids is 1. The zero-order valence-corrected chi connectivity index (χ0v) is 18.0. The van der Waals surface area contributed by atoms with Gasteiger partial charge in [0, 0.05) is 0 Å². The summed E-state index contributed by atoms with van der Waals surface area (Å²) >= 11 is 1.29. The Labute approximate surface area is 190 Å². The van der Waals surface area contributed by atoms with E-state index in [4.69, 9.17) is 13.9 Å². The molecule has 33 heavy (non-hydrogen) atoms. The molecular formula is C22H16N4O6S. The predicted molar refractivity (Wildman–Crippen MR) is 121 cm³/mol. The van der Waals surface area contributed by atoms with Crippen LogP contribution in [-0.4, -0.2) is 34.7 Å². The quantitative estimate of drug-likeness (QED) is 0.245. The number of ether oxygens (including phenoxy) is 2. The van der Waals surface area contributed by atoms with E-state index in [1.54, 1.807) is 18.2 Å². The fourth-order valence-corrected chi connectivity index (χ4v) is 4.24. The molecule has 0 bridgehead atoms. The van der Waals surface area contributed by atoms with Crippen molar-refractivity contribution in [3.8, 4) is 11.5 Å². The molecule has 2 aromatic carbocycles. The fraction of sp³-hybridized carbons (Fsp3) is 0.136. The maximum Gasteiger partial charge on any atom is 0.433 e. The second-order valence-corrected chi connectivity index (χ2v) is 8.17. The fourth-order valence-electron chi connectivity index (χ4n) is 3.21. The van der Waals surface area contributed by atoms with Gasteiger partial charge in [-0.2, -0.15) is 10.1 Å². The molecule has 11 heteroatoms. The maximum atomic E-state index is 13.4. The molecule has 0 saturated carbocycles. The van der Waals surface area contributed by atoms with Gasteiger partial charge in [-0.3, -0.25) is 14.9 Å². The lowest BCUT2D eigenvalue weighted by Crippen LogP contribution is -2.44. The third kappa shape index (κ3) is 4.13. The molecule has 166 valence electrons. The van der Waals surface area contributed by atoms with Crippen molar-refractivity contribution < 1.29 is 23.6 Å². The van der Waals surface area contributed by atoms with Crippen LogP contribution in [0.1, 0.15) is 11.3 Å². The van der Waals surface area contributed by atoms with Crippen LogP contribution in [-0.2, 0) is 4.79 Å². The van der Waals surface area contributed by atoms with Crippen LogP contribution in [0.2, 0.25) is 0 Å². The average molecular weight is 464 g/mol. The molecule has 0 N–H and O–H groups in total. The second-order valence-electron chi connectivity index (χ2n) is 7.16. The summed E-state index contributed by atoms with van der Waals surface area (Å²) in [5.41, 5.74) is 1.77. The van der Waals surface area contributed by atoms with Crippen LogP contribution in [0.5, 0.6) is 11.5 Å². The number of carbonyl (C=O) groups is 1. The second kappa shape index (κ2) is 8.36. The predicted octanol–water partition coefficient (Wildman–Crippen LogP) is 4.31. The Balaban J connectivity index is 1.49. The van der Waals surface area contributed by atoms with Crippen molar-refractivity contribution in [1.29, 1.82) is 0 Å². The first kappa shape index (κ1) is 20.6. The highest BCUT2D eigenvalue weighted by Gasteiger charge is 2.33. The molecule has 1 unspecified atom stereocenters. The van der Waals surface area contributed by atoms with Gasteiger partial charge in [-0.25, -0.2) is 4.98 Å². The molecule has 0 saturated heterocycles. The third-order valence-electron chi connectivity index (χ3n) is 4.80. The molecule has 2 aromatic heterocycles. The van der Waals surface area contributed by atoms with Crippen LogP contribution in [0, 0.1) is 17.0 Å². The number of aromatic nitrogens is 1. The largest absolute Gasteiger partial charge is 0.485 e. The van der Waals surface area contributed by atoms with Gasteiger partial charge in [-0.05, 0) is 42.8 Å². The Morgan fingerprint density at radius 3 is 2.85 bits per heavy atom. The standard InChI is InChI=1S/C22H16N4O6S/c1-13-6-8-15-19(10-13)33-22(24-15)25(23-11-14-7-9-20(31-14)26(28)29)21(27)18-12-30-16-4-2-3-5-17(16)32-18/h2-11,18H,12H2,1H3/b23-11+. The third-order valence-corrected chi connectivity index (χ3v) is 5.79. The number of anilines is 1. The van der Waals surface area contributed by atoms with Gasteiger partial charge < -0.3 is 13.9 Å². The number of nitro groups is 1. The summed E-state index contributed by atoms with van der Waals surface area (Å²) in [6.45, 7) is 1.96. The molecule has 0 radical (unpaired) electrons. The molecule has 5 rings (SSSR count). The highest BCUT2D eigenvalue weighted by molar-refractivity contribution is 7.22. The molecule has 3 heterocycles. The minimum Gasteiger partial charge on any atom is -0.485 e. The van der Waals surface area contributed by atoms with Crippen molar-refractivity contribution in [2.75, 3.05) is 11.6 Å². The van der Waals surface area contributed by atoms with E-state index in [-0.39, 0.29) is 12.4 Å². The van der Waals surface area contributed by atoms with Crippen LogP contribution in [0.3, 0.4) is 0 Å². The molecule has 1 amide bonds. The van der Waals surface area contributed by atoms with Crippen LogP contribution < -0.4 is 14.5 Å². The first-order valence-electron chi connectivity index (χ1n) is 9.86. The van der Waals surface area contributed by atoms with E-state index in [0.29, 0.717) is 22.1 Å². The summed E-state index contributed by atoms with van der Waals surface area (Å²) in [4.78, 5) is 28.2. The van der Waals surface area contributed by atoms with E-state index in [1.165, 1.54) is 29.7 Å². The molecule has 10 nitrogen and oxygen atoms in total. The molecule has 1 atom stereocenters. The van der Waals surface area contributed by atoms with E-state index >= 15 is 0 Å². The van der Waals surface area contributed by atoms with E-state index < -0.39 is 22.8 Å². The Kier molecular flexibility index (Phi) is 5.23. The Bertz CT molecular complexity index is 1390. The van der Waals surface area contributed by atoms with Gasteiger partial charge in [-0.1, -0.05) is 29.5 Å². The number of nitrogens with zero attached hydrogens (tertiary/aromatic N) is 4. The summed E-state index contributed by atoms with van der Waals surface area (Å²) < 4.78 is 17.5. The van der Waals surface area contributed by atoms with Gasteiger partial charge in [0.15, 0.2) is 17.3 Å². The Hall–Kier alpha value is -4.25. The highest BCUT2D eigenvalue weighted by Crippen LogP contribution is 2.34. The molecule has 0 fully saturated rings. The Morgan fingerprint density at radius 2 is 2.06 bits per heavy atom. The number of hydrogen-bond donors (Lipinski definition) is 0. The van der Waals surface area contributed by atoms with Crippen molar-refractivity contribution >= 4 is 44.7 Å². The van der Waals surface area contributed by atoms with Crippen molar-refractivity contribution in [2.45, 2.75) is 13.0 Å². The molecular weight excluding hydrogens is 448 g/mol. The number of hydrogen-bond acceptors (Lipinski definition) is 9. The Morgan fingerprint density at radius 1 is 1.24 bits per heavy atom. The van der Waals surface area contributed by atoms with Gasteiger partial charge >= 0.3 is 5.88 Å². The lowest BCUT2D eigenvalue weighted by molar-refractivity contribution is -0.402. The summed E-state index contributed by atoms with van der Waals surface area (Å²) in [7, 11) is 0. The first-order chi connectivity index (χ1) is 16.0. The number of benzene rings is 2. The summed E-state index contributed by atoms with van der Waals surface area (Å²) in [5, 5.41) is 16.5. The average Bonchev–Trinajstić information content (AvgIpc) is 3.46. The molecule has 1 aliphatic rings. The van der Waals surface area contributed by atoms with Gasteiger partial charge in [0.05, 0.1) is 22.5 Å². The van der Waals surface area contributed by atoms with Crippen LogP contribution in [0.25, 0.3) is 10.2 Å². The van der Waals surface area contributed by atoms with Crippen LogP contribution in [0.4, 0.5) is 11.0 Å². The lowest BCUT2D eigenvalue weighted by Gasteiger charge is -2.27. The van der Waals surface area contributed by atoms with Crippen molar-refractivity contribution in [2.24, 2.45) is 5.10 Å². The zero-order valence-electron chi connectivity index (χ0n) is 17.2. The van der Waals surface area contributed by atoms with Crippen molar-refractivity contribution in [3.05, 3.63) is 76.0 Å². The molecule has 0 spiro atoms. The smallest absolute Gasteiger partial charge is 0.433 e. The monoisotopic (exact) mass is 464 g/mol. The van der Waals surface area contributed by atoms with Gasteiger partial charge in [0.25, 0.3) is 5.91 Å². The number of rotatable bonds is 5. The lowest BCUT2D eigenvalue weighted by atomic mass is 10.2. The number of para-hydroxylation sites is 2. The van der Waals surface area contributed by atoms with Crippen LogP contribution >= 0.6 is 11.3 Å². The number of aryl methyl sites for hydroxylation is 1. The van der Waals surface area contributed by atoms with Gasteiger partial charge in [0.2, 0.25) is 11.2 Å². The minimum absolute atomic E-state index is 0.00189. The molecule has 0 aliphatic carbocycles. The van der Waals surface area contributed by atoms with Gasteiger partial charge in [0.1, 0.15) is 11.5 Å². The van der Waals surface area contributed by atoms with Crippen LogP contribution in [0.15, 0.2) is 64.1 Å². The molecule has 4 aromatic rings. The maximum absolute atomic E-state index is 13.4. The number of amides is 1. The van der Waals surface area contributed by atoms with E-state index in [1.807, 2.05) is 31.2 Å². The zero-order chi connectivity index (χ0) is 22.9. The summed E-state index contributed by atoms with van der Waals surface area (Å²) in [5.74, 6) is 0.188. The van der Waals surface area contributed by atoms with Crippen molar-refractivity contribution in [1.82, 2.24) is 4.98 Å². The van der Waals surface area contributed by atoms with E-state index in [9.17, 15) is 14.9 Å². The summed E-state index contributed by atoms with van der Waals surface area (Å²) in [6, 6.07) is 15.4. The van der Waals surface area contributed by atoms with E-state index in [0.717, 1.165) is 15.3 Å². The number of fused-ring (bicyclic) bond motifs is 2. The summed E-state index contributed by atoms with van der Waals surface area (Å²) in [6.07, 6.45) is 0.261. The highest BCUT2D eigenvalue weighted by atomic mass is 32.1. The molecule has 1 aliphatic heterocycles. The van der Waals surface area contributed by atoms with E-state index in [2.05, 4.69) is 10.1 Å². The number of hydrazone groups is 1. The SMILES string of the molecule is Cc1ccc2nc(N(/N=C/c3ccc([N+](=O)[O-])o3)C(=O)C3COc4ccccc4O3)sc2c1. The number of thiazole rings is 1. The number of furan rings is 1.